The molecule has 146 valence electrons. The Kier molecular flexibility index (Phi) is 5.30. The first-order chi connectivity index (χ1) is 13.6. The van der Waals surface area contributed by atoms with E-state index in [2.05, 4.69) is 5.32 Å². The molecule has 6 heteroatoms. The zero-order chi connectivity index (χ0) is 19.5. The molecule has 0 unspecified atom stereocenters. The number of benzene rings is 2. The molecule has 6 nitrogen and oxygen atoms in total. The molecule has 2 saturated heterocycles. The Bertz CT molecular complexity index is 847. The van der Waals surface area contributed by atoms with Gasteiger partial charge in [0.25, 0.3) is 5.91 Å². The highest BCUT2D eigenvalue weighted by atomic mass is 16.5. The average Bonchev–Trinajstić information content (AvgIpc) is 2.74. The van der Waals surface area contributed by atoms with Crippen molar-refractivity contribution in [3.63, 3.8) is 0 Å². The van der Waals surface area contributed by atoms with Gasteiger partial charge in [0.1, 0.15) is 12.4 Å². The fourth-order valence-electron chi connectivity index (χ4n) is 4.08. The molecule has 2 heterocycles. The van der Waals surface area contributed by atoms with Gasteiger partial charge in [-0.1, -0.05) is 42.5 Å². The number of rotatable bonds is 3. The number of hydrogen-bond acceptors (Lipinski definition) is 4. The van der Waals surface area contributed by atoms with Gasteiger partial charge in [0, 0.05) is 13.1 Å². The van der Waals surface area contributed by atoms with Gasteiger partial charge in [-0.05, 0) is 42.0 Å². The lowest BCUT2D eigenvalue weighted by Gasteiger charge is -2.38. The third-order valence-corrected chi connectivity index (χ3v) is 5.56. The largest absolute Gasteiger partial charge is 0.508 e. The molecule has 4 rings (SSSR count). The zero-order valence-corrected chi connectivity index (χ0v) is 15.6. The second-order valence-corrected chi connectivity index (χ2v) is 7.38. The molecule has 0 saturated carbocycles. The summed E-state index contributed by atoms with van der Waals surface area (Å²) in [5.74, 6) is 0.310. The number of ether oxygens (including phenoxy) is 1. The molecule has 0 aromatic heterocycles. The molecule has 2 fully saturated rings. The van der Waals surface area contributed by atoms with E-state index in [4.69, 9.17) is 4.74 Å². The molecule has 2 atom stereocenters. The highest BCUT2D eigenvalue weighted by Gasteiger charge is 2.39. The summed E-state index contributed by atoms with van der Waals surface area (Å²) in [5, 5.41) is 12.6. The summed E-state index contributed by atoms with van der Waals surface area (Å²) < 4.78 is 5.66. The van der Waals surface area contributed by atoms with Crippen molar-refractivity contribution in [1.82, 2.24) is 10.2 Å². The second kappa shape index (κ2) is 8.02. The average molecular weight is 380 g/mol. The van der Waals surface area contributed by atoms with Crippen LogP contribution in [0.15, 0.2) is 54.6 Å². The molecule has 2 aromatic rings. The summed E-state index contributed by atoms with van der Waals surface area (Å²) in [6.07, 6.45) is 0.964. The number of piperidine rings is 1. The van der Waals surface area contributed by atoms with Crippen LogP contribution in [-0.4, -0.2) is 47.6 Å². The molecule has 0 spiro atoms. The summed E-state index contributed by atoms with van der Waals surface area (Å²) in [6.45, 7) is 1.17. The number of nitrogens with one attached hydrogen (secondary N) is 1. The number of morpholine rings is 1. The van der Waals surface area contributed by atoms with Crippen molar-refractivity contribution in [2.24, 2.45) is 0 Å². The molecule has 0 radical (unpaired) electrons. The number of likely N-dealkylation sites (tertiary alicyclic amines) is 1. The maximum Gasteiger partial charge on any atom is 0.254 e. The minimum absolute atomic E-state index is 0.0804. The number of phenols is 1. The van der Waals surface area contributed by atoms with Crippen LogP contribution < -0.4 is 5.32 Å². The summed E-state index contributed by atoms with van der Waals surface area (Å²) in [7, 11) is 0. The van der Waals surface area contributed by atoms with Crippen LogP contribution >= 0.6 is 0 Å². The molecular formula is C22H24N2O4. The molecule has 28 heavy (non-hydrogen) atoms. The maximum absolute atomic E-state index is 13.2. The summed E-state index contributed by atoms with van der Waals surface area (Å²) in [5.41, 5.74) is 1.97. The van der Waals surface area contributed by atoms with Gasteiger partial charge in [-0.25, -0.2) is 0 Å². The lowest BCUT2D eigenvalue weighted by molar-refractivity contribution is -0.156. The van der Waals surface area contributed by atoms with Gasteiger partial charge in [0.15, 0.2) is 6.10 Å². The summed E-state index contributed by atoms with van der Waals surface area (Å²) in [6, 6.07) is 16.3. The normalized spacial score (nSPS) is 23.3. The number of phenolic OH excluding ortho intramolecular Hbond substituents is 1. The summed E-state index contributed by atoms with van der Waals surface area (Å²) in [4.78, 5) is 26.8. The predicted octanol–water partition coefficient (Wildman–Crippen LogP) is 2.35. The number of carbonyl (C=O) groups is 2. The van der Waals surface area contributed by atoms with Gasteiger partial charge in [0.05, 0.1) is 6.04 Å². The SMILES string of the molecule is O=C1CO[C@H](C(=O)N2CCC(c3cccc(O)c3)CC2)[C@@H](c2ccccc2)N1. The van der Waals surface area contributed by atoms with Gasteiger partial charge in [-0.15, -0.1) is 0 Å². The van der Waals surface area contributed by atoms with Crippen molar-refractivity contribution < 1.29 is 19.4 Å². The van der Waals surface area contributed by atoms with E-state index < -0.39 is 12.1 Å². The number of amides is 2. The maximum atomic E-state index is 13.2. The van der Waals surface area contributed by atoms with Crippen LogP contribution in [0.4, 0.5) is 0 Å². The van der Waals surface area contributed by atoms with E-state index in [1.165, 1.54) is 0 Å². The Morgan fingerprint density at radius 3 is 2.46 bits per heavy atom. The van der Waals surface area contributed by atoms with E-state index in [1.807, 2.05) is 47.4 Å². The van der Waals surface area contributed by atoms with E-state index in [0.717, 1.165) is 24.0 Å². The van der Waals surface area contributed by atoms with Gasteiger partial charge in [-0.3, -0.25) is 9.59 Å². The Morgan fingerprint density at radius 2 is 1.75 bits per heavy atom. The van der Waals surface area contributed by atoms with E-state index in [-0.39, 0.29) is 24.2 Å². The fraction of sp³-hybridized carbons (Fsp3) is 0.364. The lowest BCUT2D eigenvalue weighted by atomic mass is 9.88. The quantitative estimate of drug-likeness (QED) is 0.857. The predicted molar refractivity (Wildman–Crippen MR) is 104 cm³/mol. The van der Waals surface area contributed by atoms with Crippen molar-refractivity contribution in [2.75, 3.05) is 19.7 Å². The van der Waals surface area contributed by atoms with Crippen molar-refractivity contribution in [1.29, 1.82) is 0 Å². The van der Waals surface area contributed by atoms with Crippen LogP contribution in [0.3, 0.4) is 0 Å². The minimum atomic E-state index is -0.711. The Hall–Kier alpha value is -2.86. The third-order valence-electron chi connectivity index (χ3n) is 5.56. The van der Waals surface area contributed by atoms with Crippen LogP contribution in [0.1, 0.15) is 35.9 Å². The number of nitrogens with zero attached hydrogens (tertiary/aromatic N) is 1. The fourth-order valence-corrected chi connectivity index (χ4v) is 4.08. The van der Waals surface area contributed by atoms with Gasteiger partial charge < -0.3 is 20.1 Å². The van der Waals surface area contributed by atoms with E-state index >= 15 is 0 Å². The van der Waals surface area contributed by atoms with Crippen LogP contribution in [0.5, 0.6) is 5.75 Å². The van der Waals surface area contributed by atoms with Crippen LogP contribution in [0.2, 0.25) is 0 Å². The monoisotopic (exact) mass is 380 g/mol. The third kappa shape index (κ3) is 3.87. The van der Waals surface area contributed by atoms with Crippen molar-refractivity contribution in [3.8, 4) is 5.75 Å². The molecule has 0 bridgehead atoms. The van der Waals surface area contributed by atoms with Gasteiger partial charge in [-0.2, -0.15) is 0 Å². The van der Waals surface area contributed by atoms with E-state index in [9.17, 15) is 14.7 Å². The number of aromatic hydroxyl groups is 1. The number of carbonyl (C=O) groups excluding carboxylic acids is 2. The second-order valence-electron chi connectivity index (χ2n) is 7.38. The molecule has 2 aliphatic rings. The minimum Gasteiger partial charge on any atom is -0.508 e. The van der Waals surface area contributed by atoms with Crippen LogP contribution in [0, 0.1) is 0 Å². The molecule has 0 aliphatic carbocycles. The van der Waals surface area contributed by atoms with Crippen LogP contribution in [-0.2, 0) is 14.3 Å². The standard InChI is InChI=1S/C22H24N2O4/c25-18-8-4-7-17(13-18)15-9-11-24(12-10-15)22(27)21-20(23-19(26)14-28-21)16-5-2-1-3-6-16/h1-8,13,15,20-21,25H,9-12,14H2,(H,23,26)/t20-,21+/m1/s1. The number of hydrogen-bond donors (Lipinski definition) is 2. The Morgan fingerprint density at radius 1 is 1.04 bits per heavy atom. The van der Waals surface area contributed by atoms with Gasteiger partial charge in [0.2, 0.25) is 5.91 Å². The molecule has 2 N–H and O–H groups in total. The molecule has 2 aromatic carbocycles. The van der Waals surface area contributed by atoms with E-state index in [1.54, 1.807) is 12.1 Å². The lowest BCUT2D eigenvalue weighted by Crippen LogP contribution is -2.54. The van der Waals surface area contributed by atoms with Crippen molar-refractivity contribution in [3.05, 3.63) is 65.7 Å². The molecular weight excluding hydrogens is 356 g/mol. The van der Waals surface area contributed by atoms with Crippen molar-refractivity contribution >= 4 is 11.8 Å². The summed E-state index contributed by atoms with van der Waals surface area (Å²) >= 11 is 0. The highest BCUT2D eigenvalue weighted by molar-refractivity contribution is 5.86. The Balaban J connectivity index is 1.44. The smallest absolute Gasteiger partial charge is 0.254 e. The van der Waals surface area contributed by atoms with Crippen molar-refractivity contribution in [2.45, 2.75) is 30.9 Å². The van der Waals surface area contributed by atoms with E-state index in [0.29, 0.717) is 19.0 Å². The Labute approximate surface area is 164 Å². The first kappa shape index (κ1) is 18.5. The zero-order valence-electron chi connectivity index (χ0n) is 15.6. The first-order valence-corrected chi connectivity index (χ1v) is 9.65. The molecule has 2 amide bonds. The molecule has 2 aliphatic heterocycles. The van der Waals surface area contributed by atoms with Crippen LogP contribution in [0.25, 0.3) is 0 Å². The topological polar surface area (TPSA) is 78.9 Å². The highest BCUT2D eigenvalue weighted by Crippen LogP contribution is 2.31. The van der Waals surface area contributed by atoms with Gasteiger partial charge >= 0.3 is 0 Å². The first-order valence-electron chi connectivity index (χ1n) is 9.65.